The van der Waals surface area contributed by atoms with Crippen molar-refractivity contribution in [3.63, 3.8) is 0 Å². The van der Waals surface area contributed by atoms with Gasteiger partial charge in [-0.2, -0.15) is 0 Å². The predicted octanol–water partition coefficient (Wildman–Crippen LogP) is 9.81. The molecule has 0 aromatic rings. The Labute approximate surface area is 179 Å². The van der Waals surface area contributed by atoms with Crippen LogP contribution < -0.4 is 0 Å². The summed E-state index contributed by atoms with van der Waals surface area (Å²) in [5.41, 5.74) is 0. The van der Waals surface area contributed by atoms with Gasteiger partial charge in [-0.05, 0) is 61.2 Å². The quantitative estimate of drug-likeness (QED) is 0.362. The first-order chi connectivity index (χ1) is 13.7. The standard InChI is InChI=1S/C21H38.C7H16/c1-16-7-6-10-20(15-16)21-14-13-19(17(21)2)12-11-18-8-4-3-5-9-18;1-3-5-7-6-4-2/h16-21H,3-15H2,1-2H3;3-7H2,1-2H3. The van der Waals surface area contributed by atoms with E-state index in [2.05, 4.69) is 27.7 Å². The van der Waals surface area contributed by atoms with Gasteiger partial charge >= 0.3 is 0 Å². The number of unbranched alkanes of at least 4 members (excludes halogenated alkanes) is 4. The van der Waals surface area contributed by atoms with Gasteiger partial charge in [0.05, 0.1) is 0 Å². The van der Waals surface area contributed by atoms with Crippen molar-refractivity contribution in [3.8, 4) is 0 Å². The van der Waals surface area contributed by atoms with Gasteiger partial charge in [-0.3, -0.25) is 0 Å². The lowest BCUT2D eigenvalue weighted by molar-refractivity contribution is 0.159. The monoisotopic (exact) mass is 390 g/mol. The van der Waals surface area contributed by atoms with Crippen molar-refractivity contribution in [2.45, 2.75) is 143 Å². The Morgan fingerprint density at radius 1 is 0.643 bits per heavy atom. The second-order valence-corrected chi connectivity index (χ2v) is 11.0. The molecular formula is C28H54. The van der Waals surface area contributed by atoms with Gasteiger partial charge in [-0.15, -0.1) is 0 Å². The van der Waals surface area contributed by atoms with E-state index in [-0.39, 0.29) is 0 Å². The Bertz CT molecular complexity index is 362. The molecule has 0 heterocycles. The zero-order chi connectivity index (χ0) is 20.2. The van der Waals surface area contributed by atoms with Crippen LogP contribution in [-0.4, -0.2) is 0 Å². The van der Waals surface area contributed by atoms with Gasteiger partial charge in [-0.1, -0.05) is 118 Å². The molecule has 3 saturated carbocycles. The van der Waals surface area contributed by atoms with Crippen LogP contribution in [0.5, 0.6) is 0 Å². The third-order valence-electron chi connectivity index (χ3n) is 8.75. The Hall–Kier alpha value is 0. The molecule has 3 aliphatic rings. The van der Waals surface area contributed by atoms with Crippen LogP contribution in [0.25, 0.3) is 0 Å². The molecule has 166 valence electrons. The van der Waals surface area contributed by atoms with Crippen molar-refractivity contribution in [1.82, 2.24) is 0 Å². The van der Waals surface area contributed by atoms with Crippen LogP contribution >= 0.6 is 0 Å². The highest BCUT2D eigenvalue weighted by Crippen LogP contribution is 2.48. The minimum absolute atomic E-state index is 1.01. The lowest BCUT2D eigenvalue weighted by atomic mass is 9.71. The fourth-order valence-corrected chi connectivity index (χ4v) is 6.83. The summed E-state index contributed by atoms with van der Waals surface area (Å²) in [6.45, 7) is 9.60. The second-order valence-electron chi connectivity index (χ2n) is 11.0. The van der Waals surface area contributed by atoms with Crippen molar-refractivity contribution >= 4 is 0 Å². The van der Waals surface area contributed by atoms with Gasteiger partial charge in [0.2, 0.25) is 0 Å². The van der Waals surface area contributed by atoms with Gasteiger partial charge in [0.1, 0.15) is 0 Å². The number of hydrogen-bond acceptors (Lipinski definition) is 0. The normalized spacial score (nSPS) is 34.1. The van der Waals surface area contributed by atoms with Crippen LogP contribution in [-0.2, 0) is 0 Å². The van der Waals surface area contributed by atoms with Crippen LogP contribution in [0.2, 0.25) is 0 Å². The van der Waals surface area contributed by atoms with E-state index < -0.39 is 0 Å². The SMILES string of the molecule is CC1CCCC(C2CCC(CCC3CCCCC3)C2C)C1.CCCCCCC. The summed E-state index contributed by atoms with van der Waals surface area (Å²) >= 11 is 0. The molecule has 28 heavy (non-hydrogen) atoms. The fourth-order valence-electron chi connectivity index (χ4n) is 6.83. The Balaban J connectivity index is 0.000000345. The van der Waals surface area contributed by atoms with E-state index in [1.54, 1.807) is 51.4 Å². The van der Waals surface area contributed by atoms with Crippen LogP contribution in [0.3, 0.4) is 0 Å². The number of hydrogen-bond donors (Lipinski definition) is 0. The van der Waals surface area contributed by atoms with Crippen LogP contribution in [0.4, 0.5) is 0 Å². The summed E-state index contributed by atoms with van der Waals surface area (Å²) in [7, 11) is 0. The molecule has 0 nitrogen and oxygen atoms in total. The molecule has 0 aromatic heterocycles. The molecule has 0 N–H and O–H groups in total. The first kappa shape index (κ1) is 24.3. The maximum absolute atomic E-state index is 2.61. The van der Waals surface area contributed by atoms with Gasteiger partial charge in [0.25, 0.3) is 0 Å². The maximum atomic E-state index is 2.61. The lowest BCUT2D eigenvalue weighted by Gasteiger charge is -2.34. The minimum atomic E-state index is 1.01. The van der Waals surface area contributed by atoms with Crippen molar-refractivity contribution in [2.24, 2.45) is 35.5 Å². The molecule has 5 atom stereocenters. The van der Waals surface area contributed by atoms with E-state index in [0.717, 1.165) is 35.5 Å². The lowest BCUT2D eigenvalue weighted by Crippen LogP contribution is -2.25. The van der Waals surface area contributed by atoms with E-state index in [0.29, 0.717) is 0 Å². The zero-order valence-corrected chi connectivity index (χ0v) is 20.2. The van der Waals surface area contributed by atoms with Crippen LogP contribution in [0, 0.1) is 35.5 Å². The molecule has 0 spiro atoms. The van der Waals surface area contributed by atoms with Gasteiger partial charge in [0, 0.05) is 0 Å². The Morgan fingerprint density at radius 2 is 1.36 bits per heavy atom. The summed E-state index contributed by atoms with van der Waals surface area (Å²) in [6, 6.07) is 0. The summed E-state index contributed by atoms with van der Waals surface area (Å²) in [4.78, 5) is 0. The average molecular weight is 391 g/mol. The highest BCUT2D eigenvalue weighted by atomic mass is 14.4. The first-order valence-electron chi connectivity index (χ1n) is 13.7. The van der Waals surface area contributed by atoms with Gasteiger partial charge in [-0.25, -0.2) is 0 Å². The molecule has 3 aliphatic carbocycles. The van der Waals surface area contributed by atoms with Gasteiger partial charge in [0.15, 0.2) is 0 Å². The highest BCUT2D eigenvalue weighted by molar-refractivity contribution is 4.88. The molecule has 0 aromatic carbocycles. The predicted molar refractivity (Wildman–Crippen MR) is 127 cm³/mol. The van der Waals surface area contributed by atoms with Crippen molar-refractivity contribution in [2.75, 3.05) is 0 Å². The van der Waals surface area contributed by atoms with Crippen LogP contribution in [0.1, 0.15) is 143 Å². The molecule has 0 bridgehead atoms. The summed E-state index contributed by atoms with van der Waals surface area (Å²) < 4.78 is 0. The molecular weight excluding hydrogens is 336 g/mol. The average Bonchev–Trinajstić information content (AvgIpc) is 3.08. The van der Waals surface area contributed by atoms with E-state index >= 15 is 0 Å². The van der Waals surface area contributed by atoms with E-state index in [1.807, 2.05) is 0 Å². The van der Waals surface area contributed by atoms with E-state index in [4.69, 9.17) is 0 Å². The Kier molecular flexibility index (Phi) is 12.2. The summed E-state index contributed by atoms with van der Waals surface area (Å²) in [5, 5.41) is 0. The Morgan fingerprint density at radius 3 is 2.00 bits per heavy atom. The second kappa shape index (κ2) is 14.1. The van der Waals surface area contributed by atoms with Crippen molar-refractivity contribution < 1.29 is 0 Å². The molecule has 5 unspecified atom stereocenters. The number of rotatable bonds is 8. The third-order valence-corrected chi connectivity index (χ3v) is 8.75. The molecule has 0 amide bonds. The summed E-state index contributed by atoms with van der Waals surface area (Å²) in [6.07, 6.45) is 27.0. The molecule has 0 saturated heterocycles. The molecule has 3 rings (SSSR count). The maximum Gasteiger partial charge on any atom is -0.0357 e. The minimum Gasteiger partial charge on any atom is -0.0654 e. The first-order valence-corrected chi connectivity index (χ1v) is 13.7. The van der Waals surface area contributed by atoms with Crippen molar-refractivity contribution in [3.05, 3.63) is 0 Å². The fraction of sp³-hybridized carbons (Fsp3) is 1.00. The molecule has 3 fully saturated rings. The van der Waals surface area contributed by atoms with E-state index in [9.17, 15) is 0 Å². The summed E-state index contributed by atoms with van der Waals surface area (Å²) in [5.74, 6) is 6.39. The smallest absolute Gasteiger partial charge is 0.0357 e. The van der Waals surface area contributed by atoms with Crippen molar-refractivity contribution in [1.29, 1.82) is 0 Å². The zero-order valence-electron chi connectivity index (χ0n) is 20.2. The third kappa shape index (κ3) is 8.39. The van der Waals surface area contributed by atoms with Gasteiger partial charge < -0.3 is 0 Å². The van der Waals surface area contributed by atoms with E-state index in [1.165, 1.54) is 64.2 Å². The molecule has 0 radical (unpaired) electrons. The topological polar surface area (TPSA) is 0 Å². The highest BCUT2D eigenvalue weighted by Gasteiger charge is 2.38. The van der Waals surface area contributed by atoms with Crippen LogP contribution in [0.15, 0.2) is 0 Å². The molecule has 0 aliphatic heterocycles. The largest absolute Gasteiger partial charge is 0.0654 e. The molecule has 0 heteroatoms.